The van der Waals surface area contributed by atoms with Gasteiger partial charge in [0.2, 0.25) is 10.0 Å². The molecule has 152 valence electrons. The van der Waals surface area contributed by atoms with Crippen LogP contribution in [0.4, 0.5) is 0 Å². The molecule has 0 atom stereocenters. The maximum atomic E-state index is 12.8. The van der Waals surface area contributed by atoms with Crippen molar-refractivity contribution in [1.29, 1.82) is 5.26 Å². The molecule has 0 saturated carbocycles. The second-order valence-electron chi connectivity index (χ2n) is 6.47. The largest absolute Gasteiger partial charge is 0.451 e. The summed E-state index contributed by atoms with van der Waals surface area (Å²) in [5, 5.41) is 9.16. The second-order valence-corrected chi connectivity index (χ2v) is 8.38. The minimum absolute atomic E-state index is 0.0428. The fourth-order valence-electron chi connectivity index (χ4n) is 3.07. The number of carbonyl (C=O) groups is 2. The average Bonchev–Trinajstić information content (AvgIpc) is 3.17. The second kappa shape index (κ2) is 8.46. The van der Waals surface area contributed by atoms with E-state index in [0.717, 1.165) is 0 Å². The summed E-state index contributed by atoms with van der Waals surface area (Å²) in [6, 6.07) is 11.2. The predicted molar refractivity (Wildman–Crippen MR) is 102 cm³/mol. The van der Waals surface area contributed by atoms with Crippen LogP contribution in [0.25, 0.3) is 0 Å². The molecule has 1 amide bonds. The molecule has 0 N–H and O–H groups in total. The molecule has 29 heavy (non-hydrogen) atoms. The quantitative estimate of drug-likeness (QED) is 0.659. The van der Waals surface area contributed by atoms with E-state index >= 15 is 0 Å². The van der Waals surface area contributed by atoms with Crippen LogP contribution in [-0.4, -0.2) is 66.9 Å². The first-order chi connectivity index (χ1) is 13.8. The molecule has 2 aromatic rings. The smallest absolute Gasteiger partial charge is 0.355 e. The lowest BCUT2D eigenvalue weighted by Crippen LogP contribution is -2.51. The van der Waals surface area contributed by atoms with Gasteiger partial charge in [-0.05, 0) is 24.3 Å². The molecule has 1 aromatic carbocycles. The third kappa shape index (κ3) is 4.31. The molecule has 0 unspecified atom stereocenters. The zero-order chi connectivity index (χ0) is 21.0. The van der Waals surface area contributed by atoms with Crippen molar-refractivity contribution < 1.29 is 22.7 Å². The minimum Gasteiger partial charge on any atom is -0.451 e. The molecular weight excluding hydrogens is 396 g/mol. The molecule has 1 aromatic heterocycles. The van der Waals surface area contributed by atoms with E-state index in [1.807, 2.05) is 6.07 Å². The Morgan fingerprint density at radius 2 is 1.79 bits per heavy atom. The molecule has 0 aliphatic carbocycles. The van der Waals surface area contributed by atoms with E-state index in [1.165, 1.54) is 21.3 Å². The van der Waals surface area contributed by atoms with Gasteiger partial charge >= 0.3 is 5.97 Å². The van der Waals surface area contributed by atoms with Crippen molar-refractivity contribution in [3.05, 3.63) is 53.9 Å². The van der Waals surface area contributed by atoms with Gasteiger partial charge < -0.3 is 14.2 Å². The van der Waals surface area contributed by atoms with E-state index < -0.39 is 22.6 Å². The normalized spacial score (nSPS) is 15.0. The van der Waals surface area contributed by atoms with Crippen molar-refractivity contribution in [3.63, 3.8) is 0 Å². The van der Waals surface area contributed by atoms with Crippen molar-refractivity contribution >= 4 is 21.9 Å². The molecule has 10 heteroatoms. The summed E-state index contributed by atoms with van der Waals surface area (Å²) in [6.07, 6.45) is 1.70. The van der Waals surface area contributed by atoms with Crippen LogP contribution in [0, 0.1) is 11.3 Å². The topological polar surface area (TPSA) is 113 Å². The molecule has 9 nitrogen and oxygen atoms in total. The van der Waals surface area contributed by atoms with Crippen LogP contribution in [-0.2, 0) is 26.6 Å². The number of benzene rings is 1. The summed E-state index contributed by atoms with van der Waals surface area (Å²) in [7, 11) is -2.13. The highest BCUT2D eigenvalue weighted by Gasteiger charge is 2.31. The van der Waals surface area contributed by atoms with Gasteiger partial charge in [-0.25, -0.2) is 13.2 Å². The van der Waals surface area contributed by atoms with E-state index in [0.29, 0.717) is 5.69 Å². The van der Waals surface area contributed by atoms with Gasteiger partial charge in [-0.15, -0.1) is 0 Å². The number of hydrogen-bond acceptors (Lipinski definition) is 6. The van der Waals surface area contributed by atoms with Gasteiger partial charge in [-0.2, -0.15) is 9.57 Å². The Morgan fingerprint density at radius 3 is 2.41 bits per heavy atom. The van der Waals surface area contributed by atoms with Crippen molar-refractivity contribution in [2.75, 3.05) is 32.8 Å². The van der Waals surface area contributed by atoms with Gasteiger partial charge in [-0.3, -0.25) is 4.79 Å². The lowest BCUT2D eigenvalue weighted by molar-refractivity contribution is -0.135. The summed E-state index contributed by atoms with van der Waals surface area (Å²) in [6.45, 7) is 0.135. The SMILES string of the molecule is Cn1cccc1C(=O)OCC(=O)N1CCN(S(=O)(=O)c2ccccc2C#N)CC1. The number of aryl methyl sites for hydroxylation is 1. The van der Waals surface area contributed by atoms with Crippen molar-refractivity contribution in [2.24, 2.45) is 7.05 Å². The van der Waals surface area contributed by atoms with Crippen molar-refractivity contribution in [1.82, 2.24) is 13.8 Å². The van der Waals surface area contributed by atoms with Gasteiger partial charge in [0, 0.05) is 39.4 Å². The number of sulfonamides is 1. The van der Waals surface area contributed by atoms with Gasteiger partial charge in [0.05, 0.1) is 10.5 Å². The number of piperazine rings is 1. The Morgan fingerprint density at radius 1 is 1.10 bits per heavy atom. The Hall–Kier alpha value is -3.16. The summed E-state index contributed by atoms with van der Waals surface area (Å²) < 4.78 is 33.5. The number of carbonyl (C=O) groups excluding carboxylic acids is 2. The van der Waals surface area contributed by atoms with Crippen LogP contribution >= 0.6 is 0 Å². The fraction of sp³-hybridized carbons (Fsp3) is 0.316. The molecule has 1 aliphatic rings. The highest BCUT2D eigenvalue weighted by Crippen LogP contribution is 2.21. The monoisotopic (exact) mass is 416 g/mol. The number of esters is 1. The minimum atomic E-state index is -3.83. The zero-order valence-corrected chi connectivity index (χ0v) is 16.6. The maximum Gasteiger partial charge on any atom is 0.355 e. The standard InChI is InChI=1S/C19H20N4O5S/c1-21-8-4-6-16(21)19(25)28-14-18(24)22-9-11-23(12-10-22)29(26,27)17-7-3-2-5-15(17)13-20/h2-8H,9-12,14H2,1H3. The molecular formula is C19H20N4O5S. The van der Waals surface area contributed by atoms with Crippen LogP contribution in [0.1, 0.15) is 16.1 Å². The highest BCUT2D eigenvalue weighted by molar-refractivity contribution is 7.89. The number of nitriles is 1. The lowest BCUT2D eigenvalue weighted by atomic mass is 10.2. The van der Waals surface area contributed by atoms with Gasteiger partial charge in [0.15, 0.2) is 6.61 Å². The van der Waals surface area contributed by atoms with Crippen LogP contribution in [0.2, 0.25) is 0 Å². The molecule has 1 saturated heterocycles. The summed E-state index contributed by atoms with van der Waals surface area (Å²) >= 11 is 0. The van der Waals surface area contributed by atoms with E-state index in [-0.39, 0.29) is 42.5 Å². The van der Waals surface area contributed by atoms with Gasteiger partial charge in [0.25, 0.3) is 5.91 Å². The fourth-order valence-corrected chi connectivity index (χ4v) is 4.63. The molecule has 0 bridgehead atoms. The molecule has 1 aliphatic heterocycles. The Labute approximate surface area is 168 Å². The van der Waals surface area contributed by atoms with Crippen LogP contribution in [0.5, 0.6) is 0 Å². The highest BCUT2D eigenvalue weighted by atomic mass is 32.2. The van der Waals surface area contributed by atoms with E-state index in [2.05, 4.69) is 0 Å². The summed E-state index contributed by atoms with van der Waals surface area (Å²) in [5.74, 6) is -0.984. The number of amides is 1. The van der Waals surface area contributed by atoms with Gasteiger partial charge in [-0.1, -0.05) is 12.1 Å². The third-order valence-electron chi connectivity index (χ3n) is 4.70. The predicted octanol–water partition coefficient (Wildman–Crippen LogP) is 0.587. The third-order valence-corrected chi connectivity index (χ3v) is 6.65. The van der Waals surface area contributed by atoms with Gasteiger partial charge in [0.1, 0.15) is 11.8 Å². The first-order valence-corrected chi connectivity index (χ1v) is 10.3. The average molecular weight is 416 g/mol. The molecule has 1 fully saturated rings. The Balaban J connectivity index is 1.57. The number of rotatable bonds is 5. The molecule has 0 spiro atoms. The zero-order valence-electron chi connectivity index (χ0n) is 15.8. The molecule has 0 radical (unpaired) electrons. The van der Waals surface area contributed by atoms with Crippen LogP contribution in [0.3, 0.4) is 0 Å². The number of ether oxygens (including phenoxy) is 1. The first kappa shape index (κ1) is 20.6. The van der Waals surface area contributed by atoms with Crippen LogP contribution in [0.15, 0.2) is 47.5 Å². The van der Waals surface area contributed by atoms with E-state index in [1.54, 1.807) is 42.1 Å². The first-order valence-electron chi connectivity index (χ1n) is 8.90. The van der Waals surface area contributed by atoms with Crippen LogP contribution < -0.4 is 0 Å². The Kier molecular flexibility index (Phi) is 6.00. The number of nitrogens with zero attached hydrogens (tertiary/aromatic N) is 4. The maximum absolute atomic E-state index is 12.8. The van der Waals surface area contributed by atoms with Crippen molar-refractivity contribution in [3.8, 4) is 6.07 Å². The molecule has 2 heterocycles. The van der Waals surface area contributed by atoms with Crippen molar-refractivity contribution in [2.45, 2.75) is 4.90 Å². The number of aromatic nitrogens is 1. The van der Waals surface area contributed by atoms with E-state index in [4.69, 9.17) is 10.00 Å². The lowest BCUT2D eigenvalue weighted by Gasteiger charge is -2.34. The Bertz CT molecular complexity index is 1060. The summed E-state index contributed by atoms with van der Waals surface area (Å²) in [5.41, 5.74) is 0.420. The summed E-state index contributed by atoms with van der Waals surface area (Å²) in [4.78, 5) is 25.7. The molecule has 3 rings (SSSR count). The van der Waals surface area contributed by atoms with E-state index in [9.17, 15) is 18.0 Å². The number of hydrogen-bond donors (Lipinski definition) is 0.